The van der Waals surface area contributed by atoms with Gasteiger partial charge in [0, 0.05) is 25.4 Å². The Morgan fingerprint density at radius 2 is 2.11 bits per heavy atom. The molecule has 0 unspecified atom stereocenters. The summed E-state index contributed by atoms with van der Waals surface area (Å²) in [7, 11) is 0. The number of aromatic nitrogens is 2. The molecule has 2 heterocycles. The maximum Gasteiger partial charge on any atom is 0.0767 e. The summed E-state index contributed by atoms with van der Waals surface area (Å²) in [5.74, 6) is 2.57. The summed E-state index contributed by atoms with van der Waals surface area (Å²) in [6.45, 7) is 8.74. The van der Waals surface area contributed by atoms with E-state index >= 15 is 0 Å². The topological polar surface area (TPSA) is 21.1 Å². The first kappa shape index (κ1) is 14.4. The van der Waals surface area contributed by atoms with Crippen LogP contribution in [0.15, 0.2) is 4.47 Å². The minimum atomic E-state index is 0.955. The molecule has 3 nitrogen and oxygen atoms in total. The molecule has 0 spiro atoms. The third-order valence-electron chi connectivity index (χ3n) is 3.38. The van der Waals surface area contributed by atoms with Gasteiger partial charge in [-0.05, 0) is 48.0 Å². The highest BCUT2D eigenvalue weighted by atomic mass is 79.9. The van der Waals surface area contributed by atoms with Crippen LogP contribution in [-0.4, -0.2) is 39.3 Å². The number of halogens is 1. The van der Waals surface area contributed by atoms with Gasteiger partial charge >= 0.3 is 0 Å². The van der Waals surface area contributed by atoms with Gasteiger partial charge in [0.05, 0.1) is 15.9 Å². The van der Waals surface area contributed by atoms with Crippen molar-refractivity contribution in [3.05, 3.63) is 15.9 Å². The standard InChI is InChI=1S/C13H22BrN3S/c1-3-11-13(14)12(17(4-2)15-11)10-16-6-5-8-18-9-7-16/h3-10H2,1-2H3. The first-order valence-corrected chi connectivity index (χ1v) is 8.75. The molecule has 0 bridgehead atoms. The van der Waals surface area contributed by atoms with Gasteiger partial charge in [-0.15, -0.1) is 0 Å². The summed E-state index contributed by atoms with van der Waals surface area (Å²) >= 11 is 5.81. The van der Waals surface area contributed by atoms with E-state index in [0.717, 1.165) is 19.5 Å². The van der Waals surface area contributed by atoms with Crippen LogP contribution in [0.1, 0.15) is 31.7 Å². The first-order chi connectivity index (χ1) is 8.76. The zero-order valence-corrected chi connectivity index (χ0v) is 13.7. The lowest BCUT2D eigenvalue weighted by molar-refractivity contribution is 0.277. The lowest BCUT2D eigenvalue weighted by Crippen LogP contribution is -2.27. The molecule has 1 fully saturated rings. The summed E-state index contributed by atoms with van der Waals surface area (Å²) in [6.07, 6.45) is 2.31. The molecule has 1 aliphatic rings. The number of aryl methyl sites for hydroxylation is 2. The third-order valence-corrected chi connectivity index (χ3v) is 5.35. The van der Waals surface area contributed by atoms with Crippen LogP contribution in [0, 0.1) is 0 Å². The van der Waals surface area contributed by atoms with Crippen LogP contribution in [0.5, 0.6) is 0 Å². The van der Waals surface area contributed by atoms with E-state index in [9.17, 15) is 0 Å². The Kier molecular flexibility index (Phi) is 5.57. The minimum Gasteiger partial charge on any atom is -0.297 e. The molecular weight excluding hydrogens is 310 g/mol. The van der Waals surface area contributed by atoms with Gasteiger partial charge in [-0.2, -0.15) is 16.9 Å². The van der Waals surface area contributed by atoms with Crippen LogP contribution < -0.4 is 0 Å². The zero-order valence-electron chi connectivity index (χ0n) is 11.3. The molecule has 1 saturated heterocycles. The molecule has 1 aromatic rings. The monoisotopic (exact) mass is 331 g/mol. The Labute approximate surface area is 122 Å². The van der Waals surface area contributed by atoms with Crippen molar-refractivity contribution in [2.75, 3.05) is 24.6 Å². The SMILES string of the molecule is CCc1nn(CC)c(CN2CCCSCC2)c1Br. The van der Waals surface area contributed by atoms with Crippen molar-refractivity contribution in [3.63, 3.8) is 0 Å². The van der Waals surface area contributed by atoms with Crippen molar-refractivity contribution in [2.45, 2.75) is 39.8 Å². The molecule has 1 aromatic heterocycles. The fraction of sp³-hybridized carbons (Fsp3) is 0.769. The zero-order chi connectivity index (χ0) is 13.0. The predicted molar refractivity (Wildman–Crippen MR) is 82.2 cm³/mol. The number of thioether (sulfide) groups is 1. The van der Waals surface area contributed by atoms with Crippen LogP contribution in [-0.2, 0) is 19.5 Å². The molecule has 0 amide bonds. The van der Waals surface area contributed by atoms with Crippen molar-refractivity contribution in [1.29, 1.82) is 0 Å². The van der Waals surface area contributed by atoms with Gasteiger partial charge in [0.25, 0.3) is 0 Å². The summed E-state index contributed by atoms with van der Waals surface area (Å²) < 4.78 is 3.38. The second-order valence-electron chi connectivity index (χ2n) is 4.62. The van der Waals surface area contributed by atoms with E-state index in [1.807, 2.05) is 0 Å². The first-order valence-electron chi connectivity index (χ1n) is 6.80. The molecule has 0 radical (unpaired) electrons. The molecule has 0 aromatic carbocycles. The number of rotatable bonds is 4. The van der Waals surface area contributed by atoms with Crippen molar-refractivity contribution >= 4 is 27.7 Å². The summed E-state index contributed by atoms with van der Waals surface area (Å²) in [4.78, 5) is 2.56. The predicted octanol–water partition coefficient (Wildman–Crippen LogP) is 3.17. The Morgan fingerprint density at radius 3 is 2.83 bits per heavy atom. The average molecular weight is 332 g/mol. The van der Waals surface area contributed by atoms with E-state index in [1.54, 1.807) is 0 Å². The van der Waals surface area contributed by atoms with E-state index < -0.39 is 0 Å². The van der Waals surface area contributed by atoms with Gasteiger partial charge in [-0.25, -0.2) is 0 Å². The molecule has 102 valence electrons. The van der Waals surface area contributed by atoms with Crippen molar-refractivity contribution in [3.8, 4) is 0 Å². The highest BCUT2D eigenvalue weighted by molar-refractivity contribution is 9.10. The highest BCUT2D eigenvalue weighted by Crippen LogP contribution is 2.24. The van der Waals surface area contributed by atoms with E-state index in [0.29, 0.717) is 0 Å². The molecule has 1 aliphatic heterocycles. The molecule has 0 atom stereocenters. The van der Waals surface area contributed by atoms with Gasteiger partial charge in [0.2, 0.25) is 0 Å². The molecule has 0 saturated carbocycles. The molecular formula is C13H22BrN3S. The van der Waals surface area contributed by atoms with Gasteiger partial charge in [0.15, 0.2) is 0 Å². The van der Waals surface area contributed by atoms with E-state index in [1.165, 1.54) is 46.9 Å². The van der Waals surface area contributed by atoms with E-state index in [-0.39, 0.29) is 0 Å². The molecule has 0 N–H and O–H groups in total. The Bertz CT molecular complexity index is 384. The Morgan fingerprint density at radius 1 is 1.28 bits per heavy atom. The molecule has 0 aliphatic carbocycles. The average Bonchev–Trinajstić information content (AvgIpc) is 2.58. The van der Waals surface area contributed by atoms with E-state index in [2.05, 4.69) is 56.2 Å². The van der Waals surface area contributed by atoms with Gasteiger partial charge < -0.3 is 0 Å². The minimum absolute atomic E-state index is 0.955. The number of hydrogen-bond acceptors (Lipinski definition) is 3. The van der Waals surface area contributed by atoms with Crippen molar-refractivity contribution < 1.29 is 0 Å². The van der Waals surface area contributed by atoms with Gasteiger partial charge in [-0.1, -0.05) is 6.92 Å². The number of nitrogens with zero attached hydrogens (tertiary/aromatic N) is 3. The third kappa shape index (κ3) is 3.31. The quantitative estimate of drug-likeness (QED) is 0.845. The summed E-state index contributed by atoms with van der Waals surface area (Å²) in [6, 6.07) is 0. The fourth-order valence-corrected chi connectivity index (χ4v) is 3.95. The van der Waals surface area contributed by atoms with Crippen LogP contribution in [0.3, 0.4) is 0 Å². The van der Waals surface area contributed by atoms with Crippen LogP contribution in [0.25, 0.3) is 0 Å². The van der Waals surface area contributed by atoms with Crippen molar-refractivity contribution in [1.82, 2.24) is 14.7 Å². The maximum absolute atomic E-state index is 4.67. The van der Waals surface area contributed by atoms with Crippen LogP contribution in [0.4, 0.5) is 0 Å². The molecule has 18 heavy (non-hydrogen) atoms. The summed E-state index contributed by atoms with van der Waals surface area (Å²) in [5, 5.41) is 4.67. The maximum atomic E-state index is 4.67. The summed E-state index contributed by atoms with van der Waals surface area (Å²) in [5.41, 5.74) is 2.54. The number of hydrogen-bond donors (Lipinski definition) is 0. The lowest BCUT2D eigenvalue weighted by atomic mass is 10.3. The lowest BCUT2D eigenvalue weighted by Gasteiger charge is -2.20. The van der Waals surface area contributed by atoms with Crippen molar-refractivity contribution in [2.24, 2.45) is 0 Å². The fourth-order valence-electron chi connectivity index (χ4n) is 2.34. The van der Waals surface area contributed by atoms with Crippen LogP contribution in [0.2, 0.25) is 0 Å². The highest BCUT2D eigenvalue weighted by Gasteiger charge is 2.17. The molecule has 2 rings (SSSR count). The van der Waals surface area contributed by atoms with Gasteiger partial charge in [0.1, 0.15) is 0 Å². The second kappa shape index (κ2) is 6.96. The second-order valence-corrected chi connectivity index (χ2v) is 6.64. The molecule has 5 heteroatoms. The van der Waals surface area contributed by atoms with E-state index in [4.69, 9.17) is 0 Å². The normalized spacial score (nSPS) is 17.9. The smallest absolute Gasteiger partial charge is 0.0767 e. The Hall–Kier alpha value is -0.000000000000000111. The van der Waals surface area contributed by atoms with Crippen LogP contribution >= 0.6 is 27.7 Å². The largest absolute Gasteiger partial charge is 0.297 e. The Balaban J connectivity index is 2.13. The van der Waals surface area contributed by atoms with Gasteiger partial charge in [-0.3, -0.25) is 9.58 Å².